The van der Waals surface area contributed by atoms with E-state index in [1.165, 1.54) is 51.7 Å². The summed E-state index contributed by atoms with van der Waals surface area (Å²) in [6.45, 7) is 15.3. The lowest BCUT2D eigenvalue weighted by atomic mass is 9.93. The van der Waals surface area contributed by atoms with Crippen molar-refractivity contribution in [2.45, 2.75) is 78.3 Å². The molecule has 0 saturated carbocycles. The van der Waals surface area contributed by atoms with Crippen molar-refractivity contribution < 1.29 is 0 Å². The number of piperazine rings is 1. The maximum atomic E-state index is 3.70. The summed E-state index contributed by atoms with van der Waals surface area (Å²) < 4.78 is 0. The first-order valence-electron chi connectivity index (χ1n) is 7.93. The third-order valence-corrected chi connectivity index (χ3v) is 3.97. The molecule has 1 saturated heterocycles. The third kappa shape index (κ3) is 5.71. The molecule has 0 amide bonds. The fourth-order valence-corrected chi connectivity index (χ4v) is 3.00. The van der Waals surface area contributed by atoms with E-state index in [-0.39, 0.29) is 5.54 Å². The quantitative estimate of drug-likeness (QED) is 0.697. The molecule has 0 aromatic heterocycles. The number of rotatable bonds is 7. The van der Waals surface area contributed by atoms with Crippen LogP contribution in [-0.4, -0.2) is 36.1 Å². The zero-order chi connectivity index (χ0) is 13.6. The molecule has 2 nitrogen and oxygen atoms in total. The normalized spacial score (nSPS) is 24.7. The predicted molar refractivity (Wildman–Crippen MR) is 81.0 cm³/mol. The first-order valence-corrected chi connectivity index (χ1v) is 7.93. The van der Waals surface area contributed by atoms with E-state index >= 15 is 0 Å². The first kappa shape index (κ1) is 16.0. The van der Waals surface area contributed by atoms with E-state index in [1.54, 1.807) is 0 Å². The molecule has 0 bridgehead atoms. The van der Waals surface area contributed by atoms with E-state index in [2.05, 4.69) is 44.8 Å². The largest absolute Gasteiger partial charge is 0.309 e. The van der Waals surface area contributed by atoms with Crippen LogP contribution in [0.3, 0.4) is 0 Å². The maximum absolute atomic E-state index is 3.70. The molecule has 2 heteroatoms. The Morgan fingerprint density at radius 2 is 1.94 bits per heavy atom. The molecule has 1 heterocycles. The minimum Gasteiger partial charge on any atom is -0.309 e. The van der Waals surface area contributed by atoms with Crippen LogP contribution in [0.2, 0.25) is 0 Å². The average molecular weight is 254 g/mol. The van der Waals surface area contributed by atoms with Gasteiger partial charge in [-0.3, -0.25) is 4.90 Å². The van der Waals surface area contributed by atoms with Crippen LogP contribution in [0.1, 0.15) is 66.7 Å². The fraction of sp³-hybridized carbons (Fsp3) is 1.00. The zero-order valence-corrected chi connectivity index (χ0v) is 13.3. The molecule has 1 N–H and O–H groups in total. The van der Waals surface area contributed by atoms with Crippen LogP contribution >= 0.6 is 0 Å². The highest BCUT2D eigenvalue weighted by Gasteiger charge is 2.32. The van der Waals surface area contributed by atoms with Crippen molar-refractivity contribution in [2.24, 2.45) is 5.92 Å². The molecule has 0 radical (unpaired) electrons. The first-order chi connectivity index (χ1) is 8.44. The molecule has 108 valence electrons. The van der Waals surface area contributed by atoms with Gasteiger partial charge in [-0.2, -0.15) is 0 Å². The maximum Gasteiger partial charge on any atom is 0.0252 e. The van der Waals surface area contributed by atoms with E-state index in [1.807, 2.05) is 0 Å². The molecule has 1 atom stereocenters. The smallest absolute Gasteiger partial charge is 0.0252 e. The van der Waals surface area contributed by atoms with Crippen LogP contribution in [0.15, 0.2) is 0 Å². The lowest BCUT2D eigenvalue weighted by Gasteiger charge is -2.45. The van der Waals surface area contributed by atoms with Gasteiger partial charge in [-0.15, -0.1) is 0 Å². The summed E-state index contributed by atoms with van der Waals surface area (Å²) in [6, 6.07) is 0.750. The van der Waals surface area contributed by atoms with Gasteiger partial charge in [-0.1, -0.05) is 40.0 Å². The van der Waals surface area contributed by atoms with Crippen molar-refractivity contribution in [1.29, 1.82) is 0 Å². The molecule has 0 aromatic carbocycles. The summed E-state index contributed by atoms with van der Waals surface area (Å²) in [4.78, 5) is 2.74. The van der Waals surface area contributed by atoms with Crippen molar-refractivity contribution >= 4 is 0 Å². The number of nitrogens with zero attached hydrogens (tertiary/aromatic N) is 1. The molecule has 1 rings (SSSR count). The lowest BCUT2D eigenvalue weighted by molar-refractivity contribution is 0.0810. The Kier molecular flexibility index (Phi) is 6.65. The molecule has 1 aliphatic rings. The molecule has 1 unspecified atom stereocenters. The van der Waals surface area contributed by atoms with Crippen molar-refractivity contribution in [2.75, 3.05) is 19.6 Å². The summed E-state index contributed by atoms with van der Waals surface area (Å²) >= 11 is 0. The van der Waals surface area contributed by atoms with Crippen molar-refractivity contribution in [3.63, 3.8) is 0 Å². The van der Waals surface area contributed by atoms with E-state index in [4.69, 9.17) is 0 Å². The molecular weight excluding hydrogens is 220 g/mol. The Morgan fingerprint density at radius 3 is 2.56 bits per heavy atom. The van der Waals surface area contributed by atoms with E-state index in [9.17, 15) is 0 Å². The summed E-state index contributed by atoms with van der Waals surface area (Å²) in [7, 11) is 0. The Bertz CT molecular complexity index is 223. The van der Waals surface area contributed by atoms with Gasteiger partial charge in [0, 0.05) is 24.7 Å². The van der Waals surface area contributed by atoms with Gasteiger partial charge in [0.2, 0.25) is 0 Å². The SMILES string of the molecule is CCCCCCN1CC(C)(C)NCC1CC(C)C. The lowest BCUT2D eigenvalue weighted by Crippen LogP contribution is -2.61. The highest BCUT2D eigenvalue weighted by Crippen LogP contribution is 2.20. The van der Waals surface area contributed by atoms with Crippen LogP contribution in [-0.2, 0) is 0 Å². The van der Waals surface area contributed by atoms with Crippen molar-refractivity contribution in [1.82, 2.24) is 10.2 Å². The minimum atomic E-state index is 0.290. The van der Waals surface area contributed by atoms with Gasteiger partial charge in [-0.05, 0) is 39.2 Å². The van der Waals surface area contributed by atoms with Crippen LogP contribution in [0.5, 0.6) is 0 Å². The number of nitrogens with one attached hydrogen (secondary N) is 1. The molecule has 18 heavy (non-hydrogen) atoms. The van der Waals surface area contributed by atoms with E-state index in [0.717, 1.165) is 12.0 Å². The summed E-state index contributed by atoms with van der Waals surface area (Å²) in [5.41, 5.74) is 0.290. The van der Waals surface area contributed by atoms with Crippen LogP contribution in [0.4, 0.5) is 0 Å². The zero-order valence-electron chi connectivity index (χ0n) is 13.3. The monoisotopic (exact) mass is 254 g/mol. The van der Waals surface area contributed by atoms with Crippen molar-refractivity contribution in [3.8, 4) is 0 Å². The molecule has 1 fully saturated rings. The summed E-state index contributed by atoms with van der Waals surface area (Å²) in [5.74, 6) is 0.802. The van der Waals surface area contributed by atoms with Gasteiger partial charge in [0.05, 0.1) is 0 Å². The van der Waals surface area contributed by atoms with Gasteiger partial charge in [0.15, 0.2) is 0 Å². The Hall–Kier alpha value is -0.0800. The van der Waals surface area contributed by atoms with Crippen molar-refractivity contribution in [3.05, 3.63) is 0 Å². The Balaban J connectivity index is 2.43. The fourth-order valence-electron chi connectivity index (χ4n) is 3.00. The van der Waals surface area contributed by atoms with Gasteiger partial charge < -0.3 is 5.32 Å². The van der Waals surface area contributed by atoms with Gasteiger partial charge in [0.1, 0.15) is 0 Å². The van der Waals surface area contributed by atoms with E-state index < -0.39 is 0 Å². The summed E-state index contributed by atoms with van der Waals surface area (Å²) in [6.07, 6.45) is 6.83. The molecule has 0 spiro atoms. The van der Waals surface area contributed by atoms with Gasteiger partial charge in [-0.25, -0.2) is 0 Å². The second-order valence-corrected chi connectivity index (χ2v) is 7.08. The van der Waals surface area contributed by atoms with Crippen LogP contribution < -0.4 is 5.32 Å². The highest BCUT2D eigenvalue weighted by molar-refractivity contribution is 4.92. The Labute approximate surface area is 115 Å². The second-order valence-electron chi connectivity index (χ2n) is 7.08. The summed E-state index contributed by atoms with van der Waals surface area (Å²) in [5, 5.41) is 3.70. The minimum absolute atomic E-state index is 0.290. The highest BCUT2D eigenvalue weighted by atomic mass is 15.2. The Morgan fingerprint density at radius 1 is 1.22 bits per heavy atom. The standard InChI is InChI=1S/C16H34N2/c1-6-7-8-9-10-18-13-16(4,5)17-12-15(18)11-14(2)3/h14-15,17H,6-13H2,1-5H3. The second kappa shape index (κ2) is 7.49. The topological polar surface area (TPSA) is 15.3 Å². The van der Waals surface area contributed by atoms with Crippen LogP contribution in [0, 0.1) is 5.92 Å². The van der Waals surface area contributed by atoms with Crippen LogP contribution in [0.25, 0.3) is 0 Å². The molecular formula is C16H34N2. The molecule has 0 aliphatic carbocycles. The van der Waals surface area contributed by atoms with E-state index in [0.29, 0.717) is 0 Å². The number of unbranched alkanes of at least 4 members (excludes halogenated alkanes) is 3. The number of hydrogen-bond donors (Lipinski definition) is 1. The van der Waals surface area contributed by atoms with Gasteiger partial charge >= 0.3 is 0 Å². The predicted octanol–water partition coefficient (Wildman–Crippen LogP) is 3.67. The molecule has 0 aromatic rings. The van der Waals surface area contributed by atoms with Gasteiger partial charge in [0.25, 0.3) is 0 Å². The molecule has 1 aliphatic heterocycles. The number of hydrogen-bond acceptors (Lipinski definition) is 2. The third-order valence-electron chi connectivity index (χ3n) is 3.97. The average Bonchev–Trinajstić information content (AvgIpc) is 2.27.